The molecule has 40 heavy (non-hydrogen) atoms. The van der Waals surface area contributed by atoms with E-state index in [0.717, 1.165) is 17.8 Å². The van der Waals surface area contributed by atoms with Gasteiger partial charge in [0.05, 0.1) is 0 Å². The molecule has 1 heterocycles. The van der Waals surface area contributed by atoms with Crippen molar-refractivity contribution in [3.63, 3.8) is 0 Å². The average Bonchev–Trinajstić information content (AvgIpc) is 3.46. The predicted molar refractivity (Wildman–Crippen MR) is 174 cm³/mol. The highest BCUT2D eigenvalue weighted by Gasteiger charge is 2.35. The number of hydrogen-bond donors (Lipinski definition) is 1. The zero-order valence-corrected chi connectivity index (χ0v) is 23.9. The Hall–Kier alpha value is -4.14. The van der Waals surface area contributed by atoms with Gasteiger partial charge < -0.3 is 5.32 Å². The van der Waals surface area contributed by atoms with Crippen LogP contribution in [0.2, 0.25) is 0 Å². The fraction of sp³-hybridized carbons (Fsp3) is 0.158. The second-order valence-electron chi connectivity index (χ2n) is 11.9. The number of benzene rings is 5. The fourth-order valence-corrected chi connectivity index (χ4v) is 8.31. The maximum atomic E-state index is 3.89. The van der Waals surface area contributed by atoms with Crippen LogP contribution < -0.4 is 5.32 Å². The Morgan fingerprint density at radius 1 is 0.725 bits per heavy atom. The number of thiophene rings is 1. The Balaban J connectivity index is 1.32. The number of fused-ring (bicyclic) bond motifs is 7. The minimum absolute atomic E-state index is 0.0270. The molecule has 2 heteroatoms. The third-order valence-electron chi connectivity index (χ3n) is 9.07. The minimum Gasteiger partial charge on any atom is -0.355 e. The van der Waals surface area contributed by atoms with Crippen molar-refractivity contribution in [3.8, 4) is 22.3 Å². The highest BCUT2D eigenvalue weighted by Crippen LogP contribution is 2.50. The molecule has 1 unspecified atom stereocenters. The summed E-state index contributed by atoms with van der Waals surface area (Å²) in [4.78, 5) is 1.41. The molecule has 2 aliphatic carbocycles. The van der Waals surface area contributed by atoms with Crippen LogP contribution in [0.1, 0.15) is 54.7 Å². The van der Waals surface area contributed by atoms with Gasteiger partial charge in [0.15, 0.2) is 0 Å². The molecule has 0 aliphatic heterocycles. The quantitative estimate of drug-likeness (QED) is 0.238. The molecule has 1 aromatic heterocycles. The Morgan fingerprint density at radius 3 is 2.35 bits per heavy atom. The van der Waals surface area contributed by atoms with Crippen LogP contribution in [0.4, 0.5) is 11.4 Å². The van der Waals surface area contributed by atoms with Crippen molar-refractivity contribution in [3.05, 3.63) is 125 Å². The molecular weight excluding hydrogens is 502 g/mol. The first kappa shape index (κ1) is 23.7. The van der Waals surface area contributed by atoms with Crippen molar-refractivity contribution in [2.75, 3.05) is 5.32 Å². The van der Waals surface area contributed by atoms with Crippen LogP contribution in [0.25, 0.3) is 49.2 Å². The maximum absolute atomic E-state index is 3.89. The molecular formula is C38H31NS. The van der Waals surface area contributed by atoms with E-state index in [1.54, 1.807) is 0 Å². The molecule has 0 saturated carbocycles. The van der Waals surface area contributed by atoms with Crippen molar-refractivity contribution in [1.82, 2.24) is 0 Å². The van der Waals surface area contributed by atoms with Gasteiger partial charge in [-0.15, -0.1) is 11.3 Å². The molecule has 6 aromatic rings. The van der Waals surface area contributed by atoms with E-state index in [1.807, 2.05) is 11.3 Å². The van der Waals surface area contributed by atoms with Gasteiger partial charge in [0.1, 0.15) is 0 Å². The third-order valence-corrected chi connectivity index (χ3v) is 10.2. The van der Waals surface area contributed by atoms with Gasteiger partial charge >= 0.3 is 0 Å². The van der Waals surface area contributed by atoms with E-state index in [-0.39, 0.29) is 5.41 Å². The van der Waals surface area contributed by atoms with Gasteiger partial charge in [0.25, 0.3) is 0 Å². The molecule has 1 atom stereocenters. The summed E-state index contributed by atoms with van der Waals surface area (Å²) in [5.41, 5.74) is 11.8. The lowest BCUT2D eigenvalue weighted by Gasteiger charge is -2.22. The Kier molecular flexibility index (Phi) is 5.15. The van der Waals surface area contributed by atoms with Gasteiger partial charge in [-0.3, -0.25) is 0 Å². The normalized spacial score (nSPS) is 16.6. The second-order valence-corrected chi connectivity index (χ2v) is 13.0. The van der Waals surface area contributed by atoms with Gasteiger partial charge in [0, 0.05) is 37.3 Å². The third kappa shape index (κ3) is 3.46. The largest absolute Gasteiger partial charge is 0.355 e. The zero-order valence-electron chi connectivity index (χ0n) is 23.1. The number of anilines is 2. The van der Waals surface area contributed by atoms with Crippen molar-refractivity contribution >= 4 is 49.6 Å². The van der Waals surface area contributed by atoms with Gasteiger partial charge in [-0.1, -0.05) is 93.6 Å². The van der Waals surface area contributed by atoms with Crippen LogP contribution in [0.3, 0.4) is 0 Å². The van der Waals surface area contributed by atoms with Gasteiger partial charge in [-0.2, -0.15) is 0 Å². The first-order valence-electron chi connectivity index (χ1n) is 14.3. The summed E-state index contributed by atoms with van der Waals surface area (Å²) in [7, 11) is 0. The van der Waals surface area contributed by atoms with E-state index in [2.05, 4.69) is 135 Å². The Morgan fingerprint density at radius 2 is 1.48 bits per heavy atom. The second kappa shape index (κ2) is 8.68. The van der Waals surface area contributed by atoms with Crippen molar-refractivity contribution < 1.29 is 0 Å². The Bertz CT molecular complexity index is 2000. The lowest BCUT2D eigenvalue weighted by atomic mass is 9.82. The summed E-state index contributed by atoms with van der Waals surface area (Å²) < 4.78 is 1.37. The van der Waals surface area contributed by atoms with Gasteiger partial charge in [0.2, 0.25) is 0 Å². The van der Waals surface area contributed by atoms with E-state index in [4.69, 9.17) is 0 Å². The van der Waals surface area contributed by atoms with Crippen molar-refractivity contribution in [1.29, 1.82) is 0 Å². The zero-order chi connectivity index (χ0) is 27.0. The average molecular weight is 534 g/mol. The molecule has 0 saturated heterocycles. The van der Waals surface area contributed by atoms with Crippen LogP contribution >= 0.6 is 11.3 Å². The number of allylic oxidation sites excluding steroid dienone is 1. The summed E-state index contributed by atoms with van der Waals surface area (Å²) in [5, 5.41) is 7.83. The molecule has 5 aromatic carbocycles. The van der Waals surface area contributed by atoms with Crippen molar-refractivity contribution in [2.45, 2.75) is 38.5 Å². The smallest absolute Gasteiger partial charge is 0.0470 e. The highest BCUT2D eigenvalue weighted by atomic mass is 32.1. The molecule has 1 N–H and O–H groups in total. The van der Waals surface area contributed by atoms with Gasteiger partial charge in [-0.05, 0) is 92.9 Å². The summed E-state index contributed by atoms with van der Waals surface area (Å²) in [6.07, 6.45) is 5.76. The predicted octanol–water partition coefficient (Wildman–Crippen LogP) is 11.3. The summed E-state index contributed by atoms with van der Waals surface area (Å²) in [6.45, 7) is 7.06. The summed E-state index contributed by atoms with van der Waals surface area (Å²) in [6, 6.07) is 36.0. The molecule has 0 amide bonds. The Labute approximate surface area is 239 Å². The van der Waals surface area contributed by atoms with Crippen molar-refractivity contribution in [2.24, 2.45) is 0 Å². The standard InChI is InChI=1S/C38H31NS/c1-23-10-8-16-34-36(23)37-29(14-9-17-35(37)40-34)30-20-24-11-4-5-12-25(24)21-33(30)39-26-18-19-28-27-13-6-7-15-31(27)38(2,3)32(28)22-26/h4-9,11-23,39H,10H2,1-3H3. The van der Waals surface area contributed by atoms with Crippen LogP contribution in [0.15, 0.2) is 103 Å². The first-order chi connectivity index (χ1) is 19.5. The van der Waals surface area contributed by atoms with E-state index in [1.165, 1.54) is 64.7 Å². The summed E-state index contributed by atoms with van der Waals surface area (Å²) >= 11 is 1.93. The number of hydrogen-bond acceptors (Lipinski definition) is 2. The monoisotopic (exact) mass is 533 g/mol. The van der Waals surface area contributed by atoms with E-state index in [0.29, 0.717) is 5.92 Å². The maximum Gasteiger partial charge on any atom is 0.0470 e. The van der Waals surface area contributed by atoms with E-state index < -0.39 is 0 Å². The van der Waals surface area contributed by atoms with E-state index >= 15 is 0 Å². The molecule has 194 valence electrons. The molecule has 0 spiro atoms. The van der Waals surface area contributed by atoms with Crippen LogP contribution in [-0.2, 0) is 5.41 Å². The molecule has 0 bridgehead atoms. The molecule has 0 radical (unpaired) electrons. The topological polar surface area (TPSA) is 12.0 Å². The van der Waals surface area contributed by atoms with Crippen LogP contribution in [-0.4, -0.2) is 0 Å². The van der Waals surface area contributed by atoms with Crippen LogP contribution in [0.5, 0.6) is 0 Å². The molecule has 1 nitrogen and oxygen atoms in total. The number of nitrogens with one attached hydrogen (secondary N) is 1. The van der Waals surface area contributed by atoms with Crippen LogP contribution in [0, 0.1) is 0 Å². The van der Waals surface area contributed by atoms with Gasteiger partial charge in [-0.25, -0.2) is 0 Å². The summed E-state index contributed by atoms with van der Waals surface area (Å²) in [5.74, 6) is 0.521. The van der Waals surface area contributed by atoms with E-state index in [9.17, 15) is 0 Å². The number of rotatable bonds is 3. The fourth-order valence-electron chi connectivity index (χ4n) is 7.03. The minimum atomic E-state index is -0.0270. The lowest BCUT2D eigenvalue weighted by molar-refractivity contribution is 0.660. The first-order valence-corrected chi connectivity index (χ1v) is 15.1. The lowest BCUT2D eigenvalue weighted by Crippen LogP contribution is -2.15. The molecule has 0 fully saturated rings. The highest BCUT2D eigenvalue weighted by molar-refractivity contribution is 7.20. The SMILES string of the molecule is CC1CC=Cc2sc3cccc(-c4cc5ccccc5cc4Nc4ccc5c(c4)C(C)(C)c4ccccc4-5)c3c21. The molecule has 2 aliphatic rings. The molecule has 8 rings (SSSR count).